The van der Waals surface area contributed by atoms with Gasteiger partial charge in [-0.15, -0.1) is 0 Å². The lowest BCUT2D eigenvalue weighted by Crippen LogP contribution is -1.82. The Bertz CT molecular complexity index is 220. The normalized spacial score (nSPS) is 13.1. The fraction of sp³-hybridized carbons (Fsp3) is 0.250. The highest BCUT2D eigenvalue weighted by atomic mass is 127. The van der Waals surface area contributed by atoms with Gasteiger partial charge in [0.2, 0.25) is 0 Å². The molecule has 0 bridgehead atoms. The summed E-state index contributed by atoms with van der Waals surface area (Å²) in [5.41, 5.74) is 1.21. The lowest BCUT2D eigenvalue weighted by atomic mass is 10.2. The van der Waals surface area contributed by atoms with Gasteiger partial charge in [0.05, 0.1) is 0 Å². The average Bonchev–Trinajstić information content (AvgIpc) is 1.88. The third-order valence-electron chi connectivity index (χ3n) is 1.33. The molecule has 0 N–H and O–H groups in total. The van der Waals surface area contributed by atoms with E-state index in [4.69, 9.17) is 11.6 Å². The topological polar surface area (TPSA) is 0 Å². The van der Waals surface area contributed by atoms with Crippen molar-refractivity contribution < 1.29 is 0 Å². The van der Waals surface area contributed by atoms with Crippen molar-refractivity contribution in [3.63, 3.8) is 0 Å². The van der Waals surface area contributed by atoms with Crippen molar-refractivity contribution in [1.29, 1.82) is 0 Å². The molecular weight excluding hydrogens is 258 g/mol. The average molecular weight is 267 g/mol. The third-order valence-corrected chi connectivity index (χ3v) is 2.35. The van der Waals surface area contributed by atoms with Crippen LogP contribution in [0.25, 0.3) is 0 Å². The van der Waals surface area contributed by atoms with Crippen molar-refractivity contribution in [2.75, 3.05) is 0 Å². The van der Waals surface area contributed by atoms with E-state index in [-0.39, 0.29) is 0 Å². The number of halogens is 2. The minimum Gasteiger partial charge on any atom is -0.0840 e. The predicted molar refractivity (Wildman–Crippen MR) is 53.9 cm³/mol. The van der Waals surface area contributed by atoms with Crippen LogP contribution in [0.2, 0.25) is 5.02 Å². The van der Waals surface area contributed by atoms with Crippen LogP contribution in [-0.4, -0.2) is 0 Å². The summed E-state index contributed by atoms with van der Waals surface area (Å²) >= 11 is 8.26. The van der Waals surface area contributed by atoms with Gasteiger partial charge < -0.3 is 0 Å². The summed E-state index contributed by atoms with van der Waals surface area (Å²) in [6.45, 7) is 2.13. The van der Waals surface area contributed by atoms with E-state index >= 15 is 0 Å². The summed E-state index contributed by atoms with van der Waals surface area (Å²) in [6.07, 6.45) is 0. The van der Waals surface area contributed by atoms with E-state index in [0.717, 1.165) is 5.02 Å². The first-order chi connectivity index (χ1) is 4.72. The lowest BCUT2D eigenvalue weighted by molar-refractivity contribution is 1.15. The van der Waals surface area contributed by atoms with Crippen molar-refractivity contribution in [1.82, 2.24) is 0 Å². The van der Waals surface area contributed by atoms with Crippen molar-refractivity contribution >= 4 is 34.2 Å². The Balaban J connectivity index is 3.03. The second-order valence-corrected chi connectivity index (χ2v) is 4.41. The second-order valence-electron chi connectivity index (χ2n) is 2.14. The Morgan fingerprint density at radius 3 is 2.40 bits per heavy atom. The number of alkyl halides is 1. The summed E-state index contributed by atoms with van der Waals surface area (Å²) in [6, 6.07) is 7.94. The summed E-state index contributed by atoms with van der Waals surface area (Å²) < 4.78 is 0.492. The molecule has 0 aromatic heterocycles. The molecule has 0 aliphatic rings. The molecule has 1 aromatic rings. The monoisotopic (exact) mass is 266 g/mol. The van der Waals surface area contributed by atoms with E-state index in [9.17, 15) is 0 Å². The van der Waals surface area contributed by atoms with E-state index in [2.05, 4.69) is 35.6 Å². The fourth-order valence-electron chi connectivity index (χ4n) is 0.798. The van der Waals surface area contributed by atoms with Gasteiger partial charge in [-0.1, -0.05) is 52.4 Å². The van der Waals surface area contributed by atoms with Gasteiger partial charge in [0.1, 0.15) is 0 Å². The maximum absolute atomic E-state index is 5.91. The lowest BCUT2D eigenvalue weighted by Gasteiger charge is -2.04. The molecule has 0 radical (unpaired) electrons. The van der Waals surface area contributed by atoms with E-state index in [0.29, 0.717) is 3.92 Å². The first-order valence-electron chi connectivity index (χ1n) is 3.10. The van der Waals surface area contributed by atoms with Gasteiger partial charge in [-0.25, -0.2) is 0 Å². The van der Waals surface area contributed by atoms with Crippen LogP contribution in [0.5, 0.6) is 0 Å². The standard InChI is InChI=1S/C8H8ClI/c1-6(10)7-4-2-3-5-8(7)9/h2-6H,1H3. The first kappa shape index (κ1) is 8.34. The smallest absolute Gasteiger partial charge is 0.0448 e. The van der Waals surface area contributed by atoms with Crippen molar-refractivity contribution in [3.8, 4) is 0 Å². The van der Waals surface area contributed by atoms with E-state index in [1.54, 1.807) is 0 Å². The highest BCUT2D eigenvalue weighted by molar-refractivity contribution is 14.1. The summed E-state index contributed by atoms with van der Waals surface area (Å²) in [7, 11) is 0. The van der Waals surface area contributed by atoms with Crippen LogP contribution in [0.4, 0.5) is 0 Å². The minimum atomic E-state index is 0.492. The molecule has 0 spiro atoms. The number of hydrogen-bond acceptors (Lipinski definition) is 0. The molecule has 0 saturated carbocycles. The summed E-state index contributed by atoms with van der Waals surface area (Å²) in [4.78, 5) is 0. The van der Waals surface area contributed by atoms with Crippen molar-refractivity contribution in [2.45, 2.75) is 10.8 Å². The van der Waals surface area contributed by atoms with E-state index in [1.165, 1.54) is 5.56 Å². The van der Waals surface area contributed by atoms with Crippen LogP contribution < -0.4 is 0 Å². The van der Waals surface area contributed by atoms with Crippen LogP contribution in [-0.2, 0) is 0 Å². The quantitative estimate of drug-likeness (QED) is 0.535. The van der Waals surface area contributed by atoms with Gasteiger partial charge in [0.25, 0.3) is 0 Å². The number of hydrogen-bond donors (Lipinski definition) is 0. The Morgan fingerprint density at radius 2 is 2.00 bits per heavy atom. The largest absolute Gasteiger partial charge is 0.0840 e. The molecule has 1 rings (SSSR count). The van der Waals surface area contributed by atoms with Gasteiger partial charge in [0, 0.05) is 8.95 Å². The SMILES string of the molecule is CC(I)c1ccccc1Cl. The van der Waals surface area contributed by atoms with Crippen LogP contribution in [0.1, 0.15) is 16.4 Å². The molecule has 1 unspecified atom stereocenters. The summed E-state index contributed by atoms with van der Waals surface area (Å²) in [5.74, 6) is 0. The molecule has 0 nitrogen and oxygen atoms in total. The molecule has 1 atom stereocenters. The van der Waals surface area contributed by atoms with Crippen molar-refractivity contribution in [2.24, 2.45) is 0 Å². The molecule has 0 aliphatic carbocycles. The molecule has 0 saturated heterocycles. The first-order valence-corrected chi connectivity index (χ1v) is 4.72. The maximum Gasteiger partial charge on any atom is 0.0448 e. The van der Waals surface area contributed by atoms with Crippen LogP contribution in [0, 0.1) is 0 Å². The Kier molecular flexibility index (Phi) is 2.98. The number of rotatable bonds is 1. The molecule has 0 fully saturated rings. The zero-order valence-corrected chi connectivity index (χ0v) is 8.56. The molecule has 0 heterocycles. The van der Waals surface area contributed by atoms with Gasteiger partial charge in [-0.3, -0.25) is 0 Å². The van der Waals surface area contributed by atoms with Crippen LogP contribution in [0.3, 0.4) is 0 Å². The Labute approximate surface area is 79.7 Å². The molecule has 10 heavy (non-hydrogen) atoms. The van der Waals surface area contributed by atoms with Gasteiger partial charge in [-0.05, 0) is 18.6 Å². The third kappa shape index (κ3) is 1.86. The van der Waals surface area contributed by atoms with Crippen LogP contribution in [0.15, 0.2) is 24.3 Å². The van der Waals surface area contributed by atoms with Crippen LogP contribution >= 0.6 is 34.2 Å². The molecule has 2 heteroatoms. The molecular formula is C8H8ClI. The van der Waals surface area contributed by atoms with Gasteiger partial charge in [-0.2, -0.15) is 0 Å². The second kappa shape index (κ2) is 3.58. The molecule has 0 aliphatic heterocycles. The van der Waals surface area contributed by atoms with Crippen molar-refractivity contribution in [3.05, 3.63) is 34.9 Å². The Hall–Kier alpha value is 0.240. The zero-order valence-electron chi connectivity index (χ0n) is 5.64. The predicted octanol–water partition coefficient (Wildman–Crippen LogP) is 3.84. The van der Waals surface area contributed by atoms with E-state index < -0.39 is 0 Å². The fourth-order valence-corrected chi connectivity index (χ4v) is 1.82. The minimum absolute atomic E-state index is 0.492. The molecule has 0 amide bonds. The molecule has 54 valence electrons. The molecule has 1 aromatic carbocycles. The van der Waals surface area contributed by atoms with Gasteiger partial charge >= 0.3 is 0 Å². The highest BCUT2D eigenvalue weighted by Gasteiger charge is 2.02. The Morgan fingerprint density at radius 1 is 1.40 bits per heavy atom. The van der Waals surface area contributed by atoms with Gasteiger partial charge in [0.15, 0.2) is 0 Å². The maximum atomic E-state index is 5.91. The zero-order chi connectivity index (χ0) is 7.56. The summed E-state index contributed by atoms with van der Waals surface area (Å²) in [5, 5.41) is 0.865. The highest BCUT2D eigenvalue weighted by Crippen LogP contribution is 2.28. The van der Waals surface area contributed by atoms with E-state index in [1.807, 2.05) is 18.2 Å². The number of benzene rings is 1.